The van der Waals surface area contributed by atoms with Crippen molar-refractivity contribution in [3.63, 3.8) is 0 Å². The number of aromatic carboxylic acids is 1. The van der Waals surface area contributed by atoms with Crippen LogP contribution in [0.3, 0.4) is 0 Å². The van der Waals surface area contributed by atoms with Crippen LogP contribution < -0.4 is 5.56 Å². The second-order valence-electron chi connectivity index (χ2n) is 6.86. The van der Waals surface area contributed by atoms with E-state index >= 15 is 0 Å². The summed E-state index contributed by atoms with van der Waals surface area (Å²) in [6.07, 6.45) is 0. The van der Waals surface area contributed by atoms with Crippen LogP contribution in [0.5, 0.6) is 0 Å². The van der Waals surface area contributed by atoms with Gasteiger partial charge in [0.25, 0.3) is 25.8 Å². The van der Waals surface area contributed by atoms with Crippen molar-refractivity contribution in [3.8, 4) is 5.69 Å². The monoisotopic (exact) mass is 496 g/mol. The minimum absolute atomic E-state index is 0.0665. The van der Waals surface area contributed by atoms with E-state index in [1.807, 2.05) is 0 Å². The van der Waals surface area contributed by atoms with E-state index in [2.05, 4.69) is 15.3 Å². The van der Waals surface area contributed by atoms with Gasteiger partial charge in [-0.15, -0.1) is 10.2 Å². The van der Waals surface area contributed by atoms with Gasteiger partial charge in [0.15, 0.2) is 5.69 Å². The molecule has 0 unspecified atom stereocenters. The first kappa shape index (κ1) is 24.0. The highest BCUT2D eigenvalue weighted by Crippen LogP contribution is 2.26. The standard InChI is InChI=1S/C18H16N4O9S2/c1-9-5-11(7-13(6-9)33(29,30)31)22-17(23)16(10(2)21-22)20-19-15-8-12(32(26,27)28)3-4-14(15)18(24)25/h3-8,21H,1-2H3,(H,24,25)(H,26,27,28)(H,29,30,31). The molecule has 3 aromatic rings. The molecule has 1 aromatic heterocycles. The SMILES string of the molecule is Cc1cc(-n2[nH]c(C)c(N=Nc3cc(S(=O)(=O)O)ccc3C(=O)O)c2=O)cc(S(=O)(=O)O)c1. The van der Waals surface area contributed by atoms with Gasteiger partial charge in [0.1, 0.15) is 5.69 Å². The van der Waals surface area contributed by atoms with Crippen LogP contribution in [0.15, 0.2) is 61.2 Å². The zero-order valence-corrected chi connectivity index (χ0v) is 18.5. The highest BCUT2D eigenvalue weighted by Gasteiger charge is 2.19. The maximum atomic E-state index is 12.8. The van der Waals surface area contributed by atoms with Gasteiger partial charge in [-0.1, -0.05) is 0 Å². The van der Waals surface area contributed by atoms with Gasteiger partial charge in [-0.05, 0) is 55.8 Å². The topological polar surface area (TPSA) is 209 Å². The van der Waals surface area contributed by atoms with Crippen LogP contribution in [-0.4, -0.2) is 46.8 Å². The molecule has 0 saturated carbocycles. The number of benzene rings is 2. The van der Waals surface area contributed by atoms with Crippen molar-refractivity contribution in [3.05, 3.63) is 63.6 Å². The molecule has 0 aliphatic carbocycles. The minimum atomic E-state index is -4.66. The summed E-state index contributed by atoms with van der Waals surface area (Å²) in [5.41, 5.74) is -1.28. The average molecular weight is 496 g/mol. The highest BCUT2D eigenvalue weighted by molar-refractivity contribution is 7.86. The Kier molecular flexibility index (Phi) is 6.08. The fraction of sp³-hybridized carbons (Fsp3) is 0.111. The molecule has 0 saturated heterocycles. The maximum Gasteiger partial charge on any atom is 0.337 e. The van der Waals surface area contributed by atoms with E-state index in [9.17, 15) is 40.6 Å². The Morgan fingerprint density at radius 2 is 1.58 bits per heavy atom. The average Bonchev–Trinajstić information content (AvgIpc) is 2.98. The molecule has 3 rings (SSSR count). The summed E-state index contributed by atoms with van der Waals surface area (Å²) in [6, 6.07) is 6.28. The number of carbonyl (C=O) groups is 1. The zero-order chi connectivity index (χ0) is 24.7. The van der Waals surface area contributed by atoms with Crippen molar-refractivity contribution >= 4 is 37.6 Å². The number of hydrogen-bond donors (Lipinski definition) is 4. The molecule has 0 spiro atoms. The van der Waals surface area contributed by atoms with Crippen LogP contribution in [0.25, 0.3) is 5.69 Å². The summed E-state index contributed by atoms with van der Waals surface area (Å²) in [5.74, 6) is -1.45. The van der Waals surface area contributed by atoms with Gasteiger partial charge < -0.3 is 5.11 Å². The quantitative estimate of drug-likeness (QED) is 0.291. The summed E-state index contributed by atoms with van der Waals surface area (Å²) in [7, 11) is -9.20. The molecule has 15 heteroatoms. The number of aromatic amines is 1. The van der Waals surface area contributed by atoms with E-state index in [-0.39, 0.29) is 17.1 Å². The molecule has 174 valence electrons. The molecule has 4 N–H and O–H groups in total. The lowest BCUT2D eigenvalue weighted by Crippen LogP contribution is -2.15. The van der Waals surface area contributed by atoms with Crippen molar-refractivity contribution in [2.24, 2.45) is 10.2 Å². The van der Waals surface area contributed by atoms with Crippen LogP contribution in [0.4, 0.5) is 11.4 Å². The molecule has 33 heavy (non-hydrogen) atoms. The van der Waals surface area contributed by atoms with Gasteiger partial charge in [0, 0.05) is 0 Å². The molecule has 0 amide bonds. The summed E-state index contributed by atoms with van der Waals surface area (Å²) in [4.78, 5) is 23.2. The molecule has 0 radical (unpaired) electrons. The normalized spacial score (nSPS) is 12.4. The molecular weight excluding hydrogens is 480 g/mol. The van der Waals surface area contributed by atoms with E-state index < -0.39 is 52.8 Å². The molecule has 0 aliphatic rings. The van der Waals surface area contributed by atoms with Crippen molar-refractivity contribution in [1.82, 2.24) is 9.78 Å². The van der Waals surface area contributed by atoms with E-state index in [4.69, 9.17) is 0 Å². The molecule has 0 bridgehead atoms. The first-order chi connectivity index (χ1) is 15.2. The fourth-order valence-corrected chi connectivity index (χ4v) is 3.99. The van der Waals surface area contributed by atoms with Crippen LogP contribution >= 0.6 is 0 Å². The van der Waals surface area contributed by atoms with E-state index in [0.717, 1.165) is 28.9 Å². The molecular formula is C18H16N4O9S2. The number of aromatic nitrogens is 2. The number of nitrogens with zero attached hydrogens (tertiary/aromatic N) is 3. The third-order valence-corrected chi connectivity index (χ3v) is 6.07. The number of hydrogen-bond acceptors (Lipinski definition) is 8. The number of nitrogens with one attached hydrogen (secondary N) is 1. The molecule has 0 atom stereocenters. The third-order valence-electron chi connectivity index (χ3n) is 4.39. The largest absolute Gasteiger partial charge is 0.478 e. The predicted molar refractivity (Wildman–Crippen MR) is 113 cm³/mol. The molecule has 1 heterocycles. The smallest absolute Gasteiger partial charge is 0.337 e. The van der Waals surface area contributed by atoms with Crippen molar-refractivity contribution in [1.29, 1.82) is 0 Å². The van der Waals surface area contributed by atoms with Gasteiger partial charge in [0.05, 0.1) is 26.7 Å². The minimum Gasteiger partial charge on any atom is -0.478 e. The molecule has 0 fully saturated rings. The Morgan fingerprint density at radius 1 is 0.939 bits per heavy atom. The van der Waals surface area contributed by atoms with Gasteiger partial charge in [-0.25, -0.2) is 9.48 Å². The third kappa shape index (κ3) is 5.06. The number of carboxylic acids is 1. The van der Waals surface area contributed by atoms with Gasteiger partial charge >= 0.3 is 5.97 Å². The lowest BCUT2D eigenvalue weighted by Gasteiger charge is -2.06. The van der Waals surface area contributed by atoms with Crippen LogP contribution in [-0.2, 0) is 20.2 Å². The number of azo groups is 1. The lowest BCUT2D eigenvalue weighted by molar-refractivity contribution is 0.0697. The Morgan fingerprint density at radius 3 is 2.15 bits per heavy atom. The Balaban J connectivity index is 2.13. The second-order valence-corrected chi connectivity index (χ2v) is 9.71. The lowest BCUT2D eigenvalue weighted by atomic mass is 10.2. The Labute approximate surface area is 186 Å². The number of H-pyrrole nitrogens is 1. The summed E-state index contributed by atoms with van der Waals surface area (Å²) in [6.45, 7) is 2.99. The van der Waals surface area contributed by atoms with Crippen molar-refractivity contribution < 1.29 is 35.8 Å². The van der Waals surface area contributed by atoms with Gasteiger partial charge in [0.2, 0.25) is 0 Å². The first-order valence-electron chi connectivity index (χ1n) is 8.86. The van der Waals surface area contributed by atoms with E-state index in [0.29, 0.717) is 5.56 Å². The van der Waals surface area contributed by atoms with Crippen molar-refractivity contribution in [2.75, 3.05) is 0 Å². The summed E-state index contributed by atoms with van der Waals surface area (Å²) < 4.78 is 65.1. The van der Waals surface area contributed by atoms with Crippen LogP contribution in [0.1, 0.15) is 21.6 Å². The maximum absolute atomic E-state index is 12.8. The zero-order valence-electron chi connectivity index (χ0n) is 16.9. The molecule has 0 aliphatic heterocycles. The number of carboxylic acid groups (broad SMARTS) is 1. The number of rotatable bonds is 6. The van der Waals surface area contributed by atoms with Gasteiger partial charge in [-0.2, -0.15) is 16.8 Å². The summed E-state index contributed by atoms with van der Waals surface area (Å²) in [5, 5.41) is 19.4. The summed E-state index contributed by atoms with van der Waals surface area (Å²) >= 11 is 0. The van der Waals surface area contributed by atoms with Crippen LogP contribution in [0.2, 0.25) is 0 Å². The molecule has 2 aromatic carbocycles. The second kappa shape index (κ2) is 8.36. The van der Waals surface area contributed by atoms with Crippen LogP contribution in [0, 0.1) is 13.8 Å². The fourth-order valence-electron chi connectivity index (χ4n) is 2.88. The van der Waals surface area contributed by atoms with E-state index in [1.54, 1.807) is 6.92 Å². The van der Waals surface area contributed by atoms with Gasteiger partial charge in [-0.3, -0.25) is 19.0 Å². The van der Waals surface area contributed by atoms with Crippen molar-refractivity contribution in [2.45, 2.75) is 23.6 Å². The Hall–Kier alpha value is -3.66. The Bertz CT molecular complexity index is 1580. The van der Waals surface area contributed by atoms with E-state index in [1.165, 1.54) is 19.1 Å². The molecule has 13 nitrogen and oxygen atoms in total. The first-order valence-corrected chi connectivity index (χ1v) is 11.7. The predicted octanol–water partition coefficient (Wildman–Crippen LogP) is 2.39. The highest BCUT2D eigenvalue weighted by atomic mass is 32.2. The number of aryl methyl sites for hydroxylation is 2.